The SMILES string of the molecule is CCCC1(C(=O)Nc2ccc(C#N)c(Cl)c2)CCCNC1. The molecule has 1 saturated heterocycles. The van der Waals surface area contributed by atoms with Crippen LogP contribution in [0.15, 0.2) is 18.2 Å². The number of hydrogen-bond acceptors (Lipinski definition) is 3. The van der Waals surface area contributed by atoms with Crippen LogP contribution in [-0.2, 0) is 4.79 Å². The fraction of sp³-hybridized carbons (Fsp3) is 0.500. The summed E-state index contributed by atoms with van der Waals surface area (Å²) in [7, 11) is 0. The number of halogens is 1. The molecule has 21 heavy (non-hydrogen) atoms. The van der Waals surface area contributed by atoms with Crippen molar-refractivity contribution in [3.05, 3.63) is 28.8 Å². The Morgan fingerprint density at radius 1 is 1.57 bits per heavy atom. The number of hydrogen-bond donors (Lipinski definition) is 2. The molecule has 0 bridgehead atoms. The summed E-state index contributed by atoms with van der Waals surface area (Å²) in [4.78, 5) is 12.7. The van der Waals surface area contributed by atoms with Crippen molar-refractivity contribution in [1.82, 2.24) is 5.32 Å². The van der Waals surface area contributed by atoms with Crippen molar-refractivity contribution < 1.29 is 4.79 Å². The number of nitrogens with one attached hydrogen (secondary N) is 2. The molecule has 5 heteroatoms. The van der Waals surface area contributed by atoms with Crippen LogP contribution in [0.4, 0.5) is 5.69 Å². The first-order valence-corrected chi connectivity index (χ1v) is 7.71. The number of piperidine rings is 1. The molecule has 1 fully saturated rings. The van der Waals surface area contributed by atoms with E-state index in [-0.39, 0.29) is 11.3 Å². The molecule has 1 amide bonds. The van der Waals surface area contributed by atoms with Gasteiger partial charge in [-0.2, -0.15) is 5.26 Å². The zero-order valence-electron chi connectivity index (χ0n) is 12.2. The van der Waals surface area contributed by atoms with E-state index in [2.05, 4.69) is 17.6 Å². The average Bonchev–Trinajstić information content (AvgIpc) is 2.48. The van der Waals surface area contributed by atoms with Gasteiger partial charge >= 0.3 is 0 Å². The van der Waals surface area contributed by atoms with Gasteiger partial charge in [0.25, 0.3) is 0 Å². The second-order valence-electron chi connectivity index (χ2n) is 5.57. The number of carbonyl (C=O) groups is 1. The maximum atomic E-state index is 12.7. The van der Waals surface area contributed by atoms with Gasteiger partial charge in [0.05, 0.1) is 16.0 Å². The molecule has 112 valence electrons. The highest BCUT2D eigenvalue weighted by Crippen LogP contribution is 2.33. The highest BCUT2D eigenvalue weighted by atomic mass is 35.5. The van der Waals surface area contributed by atoms with E-state index in [1.54, 1.807) is 18.2 Å². The Labute approximate surface area is 130 Å². The standard InChI is InChI=1S/C16H20ClN3O/c1-2-6-16(7-3-8-19-11-16)15(21)20-13-5-4-12(10-18)14(17)9-13/h4-5,9,19H,2-3,6-8,11H2,1H3,(H,20,21). The highest BCUT2D eigenvalue weighted by molar-refractivity contribution is 6.32. The van der Waals surface area contributed by atoms with Gasteiger partial charge in [0.1, 0.15) is 6.07 Å². The summed E-state index contributed by atoms with van der Waals surface area (Å²) in [6.07, 6.45) is 3.77. The summed E-state index contributed by atoms with van der Waals surface area (Å²) in [5, 5.41) is 15.5. The molecule has 0 aromatic heterocycles. The van der Waals surface area contributed by atoms with Crippen molar-refractivity contribution in [3.63, 3.8) is 0 Å². The van der Waals surface area contributed by atoms with E-state index < -0.39 is 0 Å². The largest absolute Gasteiger partial charge is 0.326 e. The van der Waals surface area contributed by atoms with E-state index in [0.717, 1.165) is 38.8 Å². The molecule has 1 aromatic carbocycles. The van der Waals surface area contributed by atoms with E-state index >= 15 is 0 Å². The normalized spacial score (nSPS) is 21.6. The minimum absolute atomic E-state index is 0.0392. The van der Waals surface area contributed by atoms with E-state index in [9.17, 15) is 4.79 Å². The first kappa shape index (κ1) is 15.8. The van der Waals surface area contributed by atoms with Crippen molar-refractivity contribution in [2.75, 3.05) is 18.4 Å². The Morgan fingerprint density at radius 3 is 2.95 bits per heavy atom. The molecule has 1 atom stereocenters. The van der Waals surface area contributed by atoms with Crippen molar-refractivity contribution in [3.8, 4) is 6.07 Å². The Bertz CT molecular complexity index is 554. The lowest BCUT2D eigenvalue weighted by atomic mass is 9.76. The molecule has 0 aliphatic carbocycles. The Kier molecular flexibility index (Phi) is 5.22. The van der Waals surface area contributed by atoms with Gasteiger partial charge in [0, 0.05) is 12.2 Å². The molecular weight excluding hydrogens is 286 g/mol. The van der Waals surface area contributed by atoms with Crippen LogP contribution in [0.3, 0.4) is 0 Å². The Hall–Kier alpha value is -1.57. The molecule has 2 rings (SSSR count). The zero-order chi connectivity index (χ0) is 15.3. The van der Waals surface area contributed by atoms with E-state index in [1.807, 2.05) is 6.07 Å². The van der Waals surface area contributed by atoms with Crippen LogP contribution in [-0.4, -0.2) is 19.0 Å². The first-order valence-electron chi connectivity index (χ1n) is 7.33. The van der Waals surface area contributed by atoms with Gasteiger partial charge in [0.2, 0.25) is 5.91 Å². The predicted octanol–water partition coefficient (Wildman–Crippen LogP) is 3.32. The summed E-state index contributed by atoms with van der Waals surface area (Å²) in [6, 6.07) is 6.99. The predicted molar refractivity (Wildman–Crippen MR) is 84.2 cm³/mol. The summed E-state index contributed by atoms with van der Waals surface area (Å²) in [6.45, 7) is 3.79. The van der Waals surface area contributed by atoms with Gasteiger partial charge in [-0.25, -0.2) is 0 Å². The van der Waals surface area contributed by atoms with Gasteiger partial charge in [0.15, 0.2) is 0 Å². The highest BCUT2D eigenvalue weighted by Gasteiger charge is 2.38. The lowest BCUT2D eigenvalue weighted by Crippen LogP contribution is -2.48. The molecule has 0 radical (unpaired) electrons. The summed E-state index contributed by atoms with van der Waals surface area (Å²) < 4.78 is 0. The molecule has 1 aliphatic rings. The number of benzene rings is 1. The lowest BCUT2D eigenvalue weighted by molar-refractivity contribution is -0.127. The van der Waals surface area contributed by atoms with Gasteiger partial charge < -0.3 is 10.6 Å². The number of anilines is 1. The second kappa shape index (κ2) is 6.93. The van der Waals surface area contributed by atoms with E-state index in [4.69, 9.17) is 16.9 Å². The third-order valence-corrected chi connectivity index (χ3v) is 4.34. The van der Waals surface area contributed by atoms with Crippen molar-refractivity contribution >= 4 is 23.2 Å². The fourth-order valence-corrected chi connectivity index (χ4v) is 3.14. The van der Waals surface area contributed by atoms with Crippen LogP contribution in [0.5, 0.6) is 0 Å². The van der Waals surface area contributed by atoms with E-state index in [0.29, 0.717) is 16.3 Å². The second-order valence-corrected chi connectivity index (χ2v) is 5.98. The van der Waals surface area contributed by atoms with Crippen molar-refractivity contribution in [2.45, 2.75) is 32.6 Å². The third kappa shape index (κ3) is 3.55. The first-order chi connectivity index (χ1) is 10.1. The Balaban J connectivity index is 2.15. The maximum absolute atomic E-state index is 12.7. The van der Waals surface area contributed by atoms with Crippen molar-refractivity contribution in [1.29, 1.82) is 5.26 Å². The fourth-order valence-electron chi connectivity index (χ4n) is 2.91. The summed E-state index contributed by atoms with van der Waals surface area (Å²) in [5.74, 6) is 0.0392. The number of nitrogens with zero attached hydrogens (tertiary/aromatic N) is 1. The molecule has 1 unspecified atom stereocenters. The van der Waals surface area contributed by atoms with Crippen LogP contribution in [0.1, 0.15) is 38.2 Å². The monoisotopic (exact) mass is 305 g/mol. The van der Waals surface area contributed by atoms with Crippen LogP contribution in [0.25, 0.3) is 0 Å². The summed E-state index contributed by atoms with van der Waals surface area (Å²) >= 11 is 6.01. The number of amides is 1. The quantitative estimate of drug-likeness (QED) is 0.897. The number of nitriles is 1. The van der Waals surface area contributed by atoms with Crippen LogP contribution in [0, 0.1) is 16.7 Å². The van der Waals surface area contributed by atoms with Crippen LogP contribution in [0.2, 0.25) is 5.02 Å². The summed E-state index contributed by atoms with van der Waals surface area (Å²) in [5.41, 5.74) is 0.718. The molecular formula is C16H20ClN3O. The molecule has 0 saturated carbocycles. The minimum Gasteiger partial charge on any atom is -0.326 e. The topological polar surface area (TPSA) is 64.9 Å². The van der Waals surface area contributed by atoms with Crippen LogP contribution < -0.4 is 10.6 Å². The molecule has 4 nitrogen and oxygen atoms in total. The zero-order valence-corrected chi connectivity index (χ0v) is 13.0. The smallest absolute Gasteiger partial charge is 0.231 e. The number of carbonyl (C=O) groups excluding carboxylic acids is 1. The van der Waals surface area contributed by atoms with Gasteiger partial charge in [-0.3, -0.25) is 4.79 Å². The van der Waals surface area contributed by atoms with Crippen LogP contribution >= 0.6 is 11.6 Å². The van der Waals surface area contributed by atoms with E-state index in [1.165, 1.54) is 0 Å². The molecule has 1 heterocycles. The number of rotatable bonds is 4. The van der Waals surface area contributed by atoms with Gasteiger partial charge in [-0.05, 0) is 44.0 Å². The van der Waals surface area contributed by atoms with Crippen molar-refractivity contribution in [2.24, 2.45) is 5.41 Å². The lowest BCUT2D eigenvalue weighted by Gasteiger charge is -2.36. The molecule has 0 spiro atoms. The Morgan fingerprint density at radius 2 is 2.38 bits per heavy atom. The third-order valence-electron chi connectivity index (χ3n) is 4.03. The molecule has 1 aliphatic heterocycles. The molecule has 1 aromatic rings. The van der Waals surface area contributed by atoms with Gasteiger partial charge in [-0.1, -0.05) is 24.9 Å². The molecule has 2 N–H and O–H groups in total. The maximum Gasteiger partial charge on any atom is 0.231 e. The van der Waals surface area contributed by atoms with Gasteiger partial charge in [-0.15, -0.1) is 0 Å². The average molecular weight is 306 g/mol. The minimum atomic E-state index is -0.340.